The predicted octanol–water partition coefficient (Wildman–Crippen LogP) is 5.38. The van der Waals surface area contributed by atoms with Gasteiger partial charge in [0.1, 0.15) is 18.9 Å². The van der Waals surface area contributed by atoms with E-state index in [1.54, 1.807) is 30.3 Å². The van der Waals surface area contributed by atoms with Crippen molar-refractivity contribution in [2.75, 3.05) is 45.2 Å². The summed E-state index contributed by atoms with van der Waals surface area (Å²) in [7, 11) is -1.72. The van der Waals surface area contributed by atoms with Gasteiger partial charge in [0.15, 0.2) is 16.6 Å². The van der Waals surface area contributed by atoms with Crippen molar-refractivity contribution in [3.63, 3.8) is 0 Å². The Kier molecular flexibility index (Phi) is 25.7. The van der Waals surface area contributed by atoms with Gasteiger partial charge in [-0.25, -0.2) is 4.79 Å². The van der Waals surface area contributed by atoms with Crippen molar-refractivity contribution in [3.05, 3.63) is 59.7 Å². The quantitative estimate of drug-likeness (QED) is 0.0937. The Hall–Kier alpha value is -2.17. The first-order valence-electron chi connectivity index (χ1n) is 16.9. The highest BCUT2D eigenvalue weighted by Crippen LogP contribution is 2.21. The molecule has 272 valence electrons. The van der Waals surface area contributed by atoms with Crippen LogP contribution in [0.1, 0.15) is 80.0 Å². The molecular weight excluding hydrogens is 725 g/mol. The second kappa shape index (κ2) is 25.8. The van der Waals surface area contributed by atoms with E-state index in [4.69, 9.17) is 22.5 Å². The molecule has 9 nitrogen and oxygen atoms in total. The molecule has 0 aliphatic carbocycles. The van der Waals surface area contributed by atoms with Crippen molar-refractivity contribution in [1.82, 2.24) is 0 Å². The lowest BCUT2D eigenvalue weighted by molar-refractivity contribution is -0.906. The number of unbranched alkanes of at least 4 members (excludes halogenated alkanes) is 5. The first kappa shape index (κ1) is 47.9. The molecule has 0 heterocycles. The number of para-hydroxylation sites is 1. The molecule has 0 radical (unpaired) electrons. The van der Waals surface area contributed by atoms with Crippen molar-refractivity contribution < 1.29 is 53.6 Å². The van der Waals surface area contributed by atoms with Gasteiger partial charge in [-0.2, -0.15) is 0 Å². The highest BCUT2D eigenvalue weighted by Gasteiger charge is 2.24. The van der Waals surface area contributed by atoms with Crippen molar-refractivity contribution >= 4 is 43.5 Å². The number of halogens is 1. The monoisotopic (exact) mass is 784 g/mol. The molecule has 13 heteroatoms. The fourth-order valence-corrected chi connectivity index (χ4v) is 12.0. The van der Waals surface area contributed by atoms with Crippen molar-refractivity contribution in [2.45, 2.75) is 98.6 Å². The number of anilines is 1. The smallest absolute Gasteiger partial charge is 0.549 e. The zero-order valence-corrected chi connectivity index (χ0v) is 35.7. The molecule has 2 aromatic rings. The van der Waals surface area contributed by atoms with Crippen LogP contribution in [-0.2, 0) is 17.8 Å². The zero-order chi connectivity index (χ0) is 35.9. The van der Waals surface area contributed by atoms with E-state index in [9.17, 15) is 9.59 Å². The first-order valence-corrected chi connectivity index (χ1v) is 24.5. The third kappa shape index (κ3) is 23.2. The number of nitrogens with zero attached hydrogens (tertiary/aromatic N) is 1. The largest absolute Gasteiger partial charge is 1.00 e. The number of rotatable bonds is 18. The third-order valence-electron chi connectivity index (χ3n) is 7.27. The summed E-state index contributed by atoms with van der Waals surface area (Å²) in [6.45, 7) is 23.7. The van der Waals surface area contributed by atoms with Crippen LogP contribution in [0.5, 0.6) is 5.75 Å². The second-order valence-corrected chi connectivity index (χ2v) is 23.1. The molecule has 0 fully saturated rings. The van der Waals surface area contributed by atoms with E-state index in [-0.39, 0.29) is 28.9 Å². The van der Waals surface area contributed by atoms with E-state index in [0.29, 0.717) is 35.8 Å². The number of hydrogen-bond acceptors (Lipinski definition) is 7. The molecule has 0 atom stereocenters. The first-order chi connectivity index (χ1) is 22.0. The van der Waals surface area contributed by atoms with Crippen LogP contribution in [0.4, 0.5) is 5.69 Å². The highest BCUT2D eigenvalue weighted by atomic mass is 79.9. The number of likely N-dealkylation sites (N-methyl/N-ethyl adjacent to an activating group) is 1. The van der Waals surface area contributed by atoms with Gasteiger partial charge in [-0.05, 0) is 95.9 Å². The second-order valence-electron chi connectivity index (χ2n) is 13.7. The van der Waals surface area contributed by atoms with E-state index in [1.165, 1.54) is 25.7 Å². The molecule has 1 amide bonds. The van der Waals surface area contributed by atoms with Gasteiger partial charge in [0.25, 0.3) is 5.91 Å². The lowest BCUT2D eigenvalue weighted by Crippen LogP contribution is -3.00. The summed E-state index contributed by atoms with van der Waals surface area (Å²) >= 11 is 0. The fourth-order valence-electron chi connectivity index (χ4n) is 4.63. The van der Waals surface area contributed by atoms with Crippen LogP contribution in [0.15, 0.2) is 48.5 Å². The number of carbonyl (C=O) groups is 2. The molecule has 0 saturated heterocycles. The number of benzene rings is 2. The molecule has 0 unspecified atom stereocenters. The summed E-state index contributed by atoms with van der Waals surface area (Å²) < 4.78 is 34.9. The van der Waals surface area contributed by atoms with Crippen LogP contribution in [-0.4, -0.2) is 82.2 Å². The maximum absolute atomic E-state index is 12.9. The van der Waals surface area contributed by atoms with Crippen LogP contribution in [0.25, 0.3) is 0 Å². The van der Waals surface area contributed by atoms with Crippen LogP contribution >= 0.6 is 0 Å². The standard InChI is InChI=1S/C29H42N2O4.C6H18OSi2.BrH.O2Si/c1-5-8-9-10-11-14-22-34-27-16-13-12-15-26(27)28(32)30-25-19-17-24(18-20-25)29(33)35-23-21-31(4,6-2)7-3;1-8(2,3)7-9(4,5)6;;1-3-2/h12-13,15-20H,5-11,14,21-23H2,1-4H3;1-6H3;1H;. The van der Waals surface area contributed by atoms with Gasteiger partial charge >= 0.3 is 15.3 Å². The number of amides is 1. The molecule has 0 spiro atoms. The lowest BCUT2D eigenvalue weighted by Gasteiger charge is -2.31. The number of esters is 1. The molecule has 1 N–H and O–H groups in total. The van der Waals surface area contributed by atoms with Gasteiger partial charge in [-0.1, -0.05) is 51.2 Å². The van der Waals surface area contributed by atoms with Crippen LogP contribution in [0.2, 0.25) is 39.3 Å². The topological polar surface area (TPSA) is 108 Å². The summed E-state index contributed by atoms with van der Waals surface area (Å²) in [6, 6.07) is 14.1. The minimum absolute atomic E-state index is 0. The molecular formula is C35H61BrN2O7Si3. The van der Waals surface area contributed by atoms with Gasteiger partial charge < -0.3 is 40.4 Å². The maximum atomic E-state index is 12.9. The molecule has 2 rings (SSSR count). The van der Waals surface area contributed by atoms with Crippen LogP contribution in [0.3, 0.4) is 0 Å². The Labute approximate surface area is 305 Å². The molecule has 2 aromatic carbocycles. The Morgan fingerprint density at radius 3 is 1.79 bits per heavy atom. The number of ether oxygens (including phenoxy) is 2. The maximum Gasteiger partial charge on any atom is 0.549 e. The number of carbonyl (C=O) groups excluding carboxylic acids is 2. The van der Waals surface area contributed by atoms with Gasteiger partial charge in [0, 0.05) is 5.69 Å². The predicted molar refractivity (Wildman–Crippen MR) is 197 cm³/mol. The van der Waals surface area contributed by atoms with E-state index < -0.39 is 25.9 Å². The van der Waals surface area contributed by atoms with Gasteiger partial charge in [0.2, 0.25) is 0 Å². The van der Waals surface area contributed by atoms with Crippen molar-refractivity contribution in [3.8, 4) is 5.75 Å². The van der Waals surface area contributed by atoms with Gasteiger partial charge in [0.05, 0.1) is 37.9 Å². The minimum Gasteiger partial charge on any atom is -1.00 e. The van der Waals surface area contributed by atoms with Crippen molar-refractivity contribution in [1.29, 1.82) is 0 Å². The fraction of sp³-hybridized carbons (Fsp3) is 0.600. The number of hydrogen-bond donors (Lipinski definition) is 1. The number of quaternary nitrogens is 1. The zero-order valence-electron chi connectivity index (χ0n) is 31.1. The third-order valence-corrected chi connectivity index (χ3v) is 12.2. The molecule has 0 aromatic heterocycles. The van der Waals surface area contributed by atoms with E-state index in [1.807, 2.05) is 18.2 Å². The average molecular weight is 786 g/mol. The average Bonchev–Trinajstić information content (AvgIpc) is 3.00. The molecule has 48 heavy (non-hydrogen) atoms. The van der Waals surface area contributed by atoms with E-state index in [2.05, 4.69) is 72.4 Å². The SMILES string of the molecule is CCCCCCCCOc1ccccc1C(=O)Nc1ccc(C(=O)OCC[N+](C)(CC)CC)cc1.C[Si](C)(C)O[Si](C)(C)C.O=[Si]=O.[Br-]. The normalized spacial score (nSPS) is 11.0. The Balaban J connectivity index is 0. The Morgan fingerprint density at radius 1 is 0.771 bits per heavy atom. The summed E-state index contributed by atoms with van der Waals surface area (Å²) in [4.78, 5) is 25.2. The van der Waals surface area contributed by atoms with E-state index in [0.717, 1.165) is 37.0 Å². The summed E-state index contributed by atoms with van der Waals surface area (Å²) in [6.07, 6.45) is 7.12. The molecule has 0 aliphatic heterocycles. The Morgan fingerprint density at radius 2 is 1.29 bits per heavy atom. The highest BCUT2D eigenvalue weighted by molar-refractivity contribution is 6.83. The Bertz CT molecular complexity index is 1200. The summed E-state index contributed by atoms with van der Waals surface area (Å²) in [5, 5.41) is 2.89. The molecule has 0 saturated carbocycles. The summed E-state index contributed by atoms with van der Waals surface area (Å²) in [5.41, 5.74) is 1.57. The number of nitrogens with one attached hydrogen (secondary N) is 1. The molecule has 0 aliphatic rings. The lowest BCUT2D eigenvalue weighted by atomic mass is 10.1. The van der Waals surface area contributed by atoms with Crippen molar-refractivity contribution in [2.24, 2.45) is 0 Å². The van der Waals surface area contributed by atoms with Gasteiger partial charge in [-0.15, -0.1) is 0 Å². The summed E-state index contributed by atoms with van der Waals surface area (Å²) in [5.74, 6) is -0.00607. The van der Waals surface area contributed by atoms with Crippen LogP contribution < -0.4 is 27.0 Å². The minimum atomic E-state index is -1.42. The molecule has 0 bridgehead atoms. The van der Waals surface area contributed by atoms with Crippen LogP contribution in [0, 0.1) is 0 Å². The van der Waals surface area contributed by atoms with E-state index >= 15 is 0 Å². The van der Waals surface area contributed by atoms with Gasteiger partial charge in [-0.3, -0.25) is 13.7 Å².